The Bertz CT molecular complexity index is 1110. The van der Waals surface area contributed by atoms with Crippen LogP contribution in [0.25, 0.3) is 11.1 Å². The fraction of sp³-hybridized carbons (Fsp3) is 0.333. The van der Waals surface area contributed by atoms with Gasteiger partial charge in [0, 0.05) is 31.3 Å². The number of carbonyl (C=O) groups excluding carboxylic acids is 2. The molecule has 27 heavy (non-hydrogen) atoms. The van der Waals surface area contributed by atoms with E-state index in [9.17, 15) is 14.4 Å². The summed E-state index contributed by atoms with van der Waals surface area (Å²) in [5, 5.41) is 7.13. The molecule has 3 aromatic rings. The Kier molecular flexibility index (Phi) is 4.06. The van der Waals surface area contributed by atoms with Crippen molar-refractivity contribution < 1.29 is 18.7 Å². The van der Waals surface area contributed by atoms with Gasteiger partial charge in [-0.3, -0.25) is 18.8 Å². The Labute approximate surface area is 153 Å². The first-order valence-corrected chi connectivity index (χ1v) is 8.48. The number of aryl methyl sites for hydroxylation is 2. The molecule has 0 unspecified atom stereocenters. The van der Waals surface area contributed by atoms with Gasteiger partial charge in [0.1, 0.15) is 0 Å². The molecule has 0 spiro atoms. The van der Waals surface area contributed by atoms with E-state index in [4.69, 9.17) is 4.42 Å². The van der Waals surface area contributed by atoms with Crippen molar-refractivity contribution >= 4 is 28.7 Å². The normalized spacial score (nSPS) is 16.2. The number of methoxy groups -OCH3 is 1. The quantitative estimate of drug-likeness (QED) is 0.695. The molecular formula is C18H18N4O5. The molecule has 3 heterocycles. The SMILES string of the molecule is COC(=O)CCn1cc([C@H]2CC(=O)Nc3cc4c(cc32)oc(=O)n4C)cn1. The number of esters is 1. The Balaban J connectivity index is 1.71. The summed E-state index contributed by atoms with van der Waals surface area (Å²) in [7, 11) is 2.96. The first-order valence-electron chi connectivity index (χ1n) is 8.48. The van der Waals surface area contributed by atoms with Gasteiger partial charge in [-0.15, -0.1) is 0 Å². The zero-order valence-electron chi connectivity index (χ0n) is 14.9. The summed E-state index contributed by atoms with van der Waals surface area (Å²) < 4.78 is 13.0. The first-order chi connectivity index (χ1) is 13.0. The summed E-state index contributed by atoms with van der Waals surface area (Å²) in [6, 6.07) is 3.54. The zero-order chi connectivity index (χ0) is 19.1. The molecule has 0 saturated heterocycles. The van der Waals surface area contributed by atoms with Crippen LogP contribution in [0.5, 0.6) is 0 Å². The highest BCUT2D eigenvalue weighted by atomic mass is 16.5. The van der Waals surface area contributed by atoms with Crippen LogP contribution < -0.4 is 11.1 Å². The first kappa shape index (κ1) is 17.1. The summed E-state index contributed by atoms with van der Waals surface area (Å²) in [5.41, 5.74) is 3.47. The lowest BCUT2D eigenvalue weighted by molar-refractivity contribution is -0.140. The van der Waals surface area contributed by atoms with E-state index < -0.39 is 5.76 Å². The van der Waals surface area contributed by atoms with Crippen LogP contribution in [0.2, 0.25) is 0 Å². The second-order valence-electron chi connectivity index (χ2n) is 6.50. The minimum Gasteiger partial charge on any atom is -0.469 e. The van der Waals surface area contributed by atoms with Gasteiger partial charge in [-0.25, -0.2) is 4.79 Å². The van der Waals surface area contributed by atoms with Gasteiger partial charge in [-0.1, -0.05) is 0 Å². The maximum Gasteiger partial charge on any atom is 0.419 e. The molecular weight excluding hydrogens is 352 g/mol. The van der Waals surface area contributed by atoms with Crippen LogP contribution in [0, 0.1) is 0 Å². The van der Waals surface area contributed by atoms with Crippen molar-refractivity contribution in [1.82, 2.24) is 14.3 Å². The number of nitrogens with zero attached hydrogens (tertiary/aromatic N) is 3. The smallest absolute Gasteiger partial charge is 0.419 e. The molecule has 0 fully saturated rings. The lowest BCUT2D eigenvalue weighted by atomic mass is 9.86. The van der Waals surface area contributed by atoms with Crippen molar-refractivity contribution in [2.24, 2.45) is 7.05 Å². The van der Waals surface area contributed by atoms with E-state index in [-0.39, 0.29) is 30.6 Å². The maximum atomic E-state index is 12.2. The fourth-order valence-corrected chi connectivity index (χ4v) is 3.37. The third kappa shape index (κ3) is 3.01. The topological polar surface area (TPSA) is 108 Å². The average molecular weight is 370 g/mol. The van der Waals surface area contributed by atoms with E-state index in [1.807, 2.05) is 6.20 Å². The molecule has 1 atom stereocenters. The average Bonchev–Trinajstić information content (AvgIpc) is 3.23. The molecule has 1 amide bonds. The van der Waals surface area contributed by atoms with Gasteiger partial charge in [0.25, 0.3) is 0 Å². The third-order valence-corrected chi connectivity index (χ3v) is 4.83. The molecule has 1 aliphatic rings. The molecule has 0 bridgehead atoms. The number of oxazole rings is 1. The number of fused-ring (bicyclic) bond motifs is 2. The molecule has 0 radical (unpaired) electrons. The van der Waals surface area contributed by atoms with Crippen LogP contribution in [0.1, 0.15) is 29.9 Å². The molecule has 1 N–H and O–H groups in total. The lowest BCUT2D eigenvalue weighted by Gasteiger charge is -2.24. The molecule has 2 aromatic heterocycles. The van der Waals surface area contributed by atoms with Crippen molar-refractivity contribution in [1.29, 1.82) is 0 Å². The summed E-state index contributed by atoms with van der Waals surface area (Å²) in [6.45, 7) is 0.394. The number of anilines is 1. The number of hydrogen-bond donors (Lipinski definition) is 1. The van der Waals surface area contributed by atoms with Crippen LogP contribution in [-0.2, 0) is 27.9 Å². The van der Waals surface area contributed by atoms with Crippen LogP contribution >= 0.6 is 0 Å². The molecule has 4 rings (SSSR count). The number of carbonyl (C=O) groups is 2. The van der Waals surface area contributed by atoms with Gasteiger partial charge in [0.15, 0.2) is 5.58 Å². The highest BCUT2D eigenvalue weighted by molar-refractivity contribution is 5.97. The number of ether oxygens (including phenoxy) is 1. The van der Waals surface area contributed by atoms with Gasteiger partial charge >= 0.3 is 11.7 Å². The Morgan fingerprint density at radius 3 is 3.00 bits per heavy atom. The second kappa shape index (κ2) is 6.42. The highest BCUT2D eigenvalue weighted by Gasteiger charge is 2.29. The minimum atomic E-state index is -0.453. The van der Waals surface area contributed by atoms with Gasteiger partial charge < -0.3 is 14.5 Å². The summed E-state index contributed by atoms with van der Waals surface area (Å²) in [5.74, 6) is -1.08. The standard InChI is InChI=1S/C18H18N4O5/c1-21-14-7-13-12(5-15(14)27-18(21)25)11(6-16(23)20-13)10-8-19-22(9-10)4-3-17(24)26-2/h5,7-9,11H,3-4,6H2,1-2H3,(H,20,23)/t11-/m1/s1. The van der Waals surface area contributed by atoms with Crippen molar-refractivity contribution in [2.45, 2.75) is 25.3 Å². The number of benzene rings is 1. The second-order valence-corrected chi connectivity index (χ2v) is 6.50. The van der Waals surface area contributed by atoms with Gasteiger partial charge in [-0.2, -0.15) is 5.10 Å². The Morgan fingerprint density at radius 1 is 1.41 bits per heavy atom. The molecule has 0 saturated carbocycles. The van der Waals surface area contributed by atoms with E-state index >= 15 is 0 Å². The lowest BCUT2D eigenvalue weighted by Crippen LogP contribution is -2.23. The number of hydrogen-bond acceptors (Lipinski definition) is 6. The third-order valence-electron chi connectivity index (χ3n) is 4.83. The van der Waals surface area contributed by atoms with Crippen molar-refractivity contribution in [3.05, 3.63) is 46.2 Å². The number of rotatable bonds is 4. The molecule has 9 nitrogen and oxygen atoms in total. The zero-order valence-corrected chi connectivity index (χ0v) is 14.9. The molecule has 0 aliphatic carbocycles. The molecule has 140 valence electrons. The van der Waals surface area contributed by atoms with E-state index in [1.54, 1.807) is 30.1 Å². The number of nitrogens with one attached hydrogen (secondary N) is 1. The summed E-state index contributed by atoms with van der Waals surface area (Å²) >= 11 is 0. The van der Waals surface area contributed by atoms with Crippen LogP contribution in [-0.4, -0.2) is 33.3 Å². The van der Waals surface area contributed by atoms with E-state index in [0.29, 0.717) is 23.3 Å². The molecule has 1 aliphatic heterocycles. The van der Waals surface area contributed by atoms with Crippen LogP contribution in [0.4, 0.5) is 5.69 Å². The predicted molar refractivity (Wildman–Crippen MR) is 95.4 cm³/mol. The van der Waals surface area contributed by atoms with Gasteiger partial charge in [0.05, 0.1) is 31.8 Å². The fourth-order valence-electron chi connectivity index (χ4n) is 3.37. The molecule has 9 heteroatoms. The highest BCUT2D eigenvalue weighted by Crippen LogP contribution is 2.39. The predicted octanol–water partition coefficient (Wildman–Crippen LogP) is 1.37. The Hall–Kier alpha value is -3.36. The molecule has 1 aromatic carbocycles. The van der Waals surface area contributed by atoms with E-state index in [1.165, 1.54) is 11.7 Å². The number of amides is 1. The van der Waals surface area contributed by atoms with E-state index in [2.05, 4.69) is 15.2 Å². The van der Waals surface area contributed by atoms with E-state index in [0.717, 1.165) is 11.1 Å². The Morgan fingerprint density at radius 2 is 2.22 bits per heavy atom. The van der Waals surface area contributed by atoms with Crippen LogP contribution in [0.3, 0.4) is 0 Å². The van der Waals surface area contributed by atoms with Crippen LogP contribution in [0.15, 0.2) is 33.7 Å². The van der Waals surface area contributed by atoms with Crippen molar-refractivity contribution in [3.63, 3.8) is 0 Å². The van der Waals surface area contributed by atoms with Crippen molar-refractivity contribution in [2.75, 3.05) is 12.4 Å². The monoisotopic (exact) mass is 370 g/mol. The number of aromatic nitrogens is 3. The summed E-state index contributed by atoms with van der Waals surface area (Å²) in [6.07, 6.45) is 3.99. The van der Waals surface area contributed by atoms with Crippen molar-refractivity contribution in [3.8, 4) is 0 Å². The van der Waals surface area contributed by atoms with Gasteiger partial charge in [0.2, 0.25) is 5.91 Å². The summed E-state index contributed by atoms with van der Waals surface area (Å²) in [4.78, 5) is 35.3. The maximum absolute atomic E-state index is 12.2. The van der Waals surface area contributed by atoms with Gasteiger partial charge in [-0.05, 0) is 23.3 Å². The largest absolute Gasteiger partial charge is 0.469 e. The minimum absolute atomic E-state index is 0.109.